The van der Waals surface area contributed by atoms with Crippen LogP contribution in [0.3, 0.4) is 0 Å². The summed E-state index contributed by atoms with van der Waals surface area (Å²) >= 11 is 6.33. The van der Waals surface area contributed by atoms with Gasteiger partial charge in [0, 0.05) is 60.0 Å². The summed E-state index contributed by atoms with van der Waals surface area (Å²) in [5.41, 5.74) is 5.98. The van der Waals surface area contributed by atoms with Gasteiger partial charge >= 0.3 is 0 Å². The molecule has 2 saturated heterocycles. The van der Waals surface area contributed by atoms with Gasteiger partial charge in [0.2, 0.25) is 0 Å². The largest absolute Gasteiger partial charge is 0.376 e. The second-order valence-corrected chi connectivity index (χ2v) is 11.2. The number of anilines is 1. The van der Waals surface area contributed by atoms with E-state index in [1.54, 1.807) is 0 Å². The summed E-state index contributed by atoms with van der Waals surface area (Å²) in [5.74, 6) is 0.674. The normalized spacial score (nSPS) is 19.2. The van der Waals surface area contributed by atoms with Gasteiger partial charge in [0.15, 0.2) is 5.82 Å². The van der Waals surface area contributed by atoms with Gasteiger partial charge in [-0.2, -0.15) is 0 Å². The van der Waals surface area contributed by atoms with Crippen LogP contribution < -0.4 is 10.5 Å². The van der Waals surface area contributed by atoms with E-state index in [0.717, 1.165) is 78.4 Å². The molecule has 0 aliphatic carbocycles. The highest BCUT2D eigenvalue weighted by Crippen LogP contribution is 2.31. The summed E-state index contributed by atoms with van der Waals surface area (Å²) in [6.07, 6.45) is 2.10. The Hall–Kier alpha value is -3.27. The summed E-state index contributed by atoms with van der Waals surface area (Å²) in [6.45, 7) is 10.7. The first kappa shape index (κ1) is 26.0. The third-order valence-corrected chi connectivity index (χ3v) is 8.27. The lowest BCUT2D eigenvalue weighted by Crippen LogP contribution is -2.49. The molecule has 0 radical (unpaired) electrons. The lowest BCUT2D eigenvalue weighted by Gasteiger charge is -2.40. The van der Waals surface area contributed by atoms with Crippen molar-refractivity contribution in [2.75, 3.05) is 37.7 Å². The van der Waals surface area contributed by atoms with Crippen LogP contribution in [-0.2, 0) is 11.3 Å². The number of ether oxygens (including phenoxy) is 1. The minimum atomic E-state index is -0.391. The Labute approximate surface area is 232 Å². The van der Waals surface area contributed by atoms with Crippen LogP contribution in [0.25, 0.3) is 10.9 Å². The number of pyridine rings is 1. The van der Waals surface area contributed by atoms with E-state index >= 15 is 0 Å². The van der Waals surface area contributed by atoms with Gasteiger partial charge in [-0.1, -0.05) is 23.7 Å². The van der Waals surface area contributed by atoms with E-state index in [4.69, 9.17) is 16.3 Å². The van der Waals surface area contributed by atoms with Crippen LogP contribution in [0.15, 0.2) is 41.2 Å². The second kappa shape index (κ2) is 10.7. The zero-order valence-electron chi connectivity index (χ0n) is 22.7. The fraction of sp³-hybridized carbons (Fsp3) is 0.448. The zero-order valence-corrected chi connectivity index (χ0v) is 23.4. The fourth-order valence-electron chi connectivity index (χ4n) is 6.05. The Bertz CT molecular complexity index is 1550. The van der Waals surface area contributed by atoms with E-state index in [1.807, 2.05) is 35.9 Å². The first-order valence-electron chi connectivity index (χ1n) is 13.6. The van der Waals surface area contributed by atoms with Crippen LogP contribution >= 0.6 is 11.6 Å². The maximum absolute atomic E-state index is 13.6. The number of halogens is 1. The molecule has 0 unspecified atom stereocenters. The Morgan fingerprint density at radius 2 is 1.90 bits per heavy atom. The molecule has 0 bridgehead atoms. The van der Waals surface area contributed by atoms with Crippen molar-refractivity contribution in [1.82, 2.24) is 30.1 Å². The molecule has 0 amide bonds. The van der Waals surface area contributed by atoms with Gasteiger partial charge in [-0.3, -0.25) is 9.69 Å². The van der Waals surface area contributed by atoms with Gasteiger partial charge in [-0.25, -0.2) is 4.68 Å². The number of rotatable bonds is 6. The molecule has 0 spiro atoms. The van der Waals surface area contributed by atoms with Gasteiger partial charge < -0.3 is 14.6 Å². The van der Waals surface area contributed by atoms with Crippen LogP contribution in [0.2, 0.25) is 5.02 Å². The van der Waals surface area contributed by atoms with Crippen molar-refractivity contribution < 1.29 is 4.74 Å². The summed E-state index contributed by atoms with van der Waals surface area (Å²) in [5, 5.41) is 14.7. The first-order chi connectivity index (χ1) is 18.9. The molecule has 4 aromatic rings. The average Bonchev–Trinajstić information content (AvgIpc) is 3.59. The maximum Gasteiger partial charge on any atom is 0.253 e. The van der Waals surface area contributed by atoms with Crippen LogP contribution in [0.5, 0.6) is 0 Å². The van der Waals surface area contributed by atoms with E-state index < -0.39 is 6.04 Å². The van der Waals surface area contributed by atoms with Crippen molar-refractivity contribution >= 4 is 28.2 Å². The van der Waals surface area contributed by atoms with Crippen LogP contribution in [-0.4, -0.2) is 69.0 Å². The summed E-state index contributed by atoms with van der Waals surface area (Å²) in [7, 11) is 0. The third-order valence-electron chi connectivity index (χ3n) is 8.03. The Morgan fingerprint density at radius 1 is 1.08 bits per heavy atom. The molecule has 0 saturated carbocycles. The molecule has 9 nitrogen and oxygen atoms in total. The van der Waals surface area contributed by atoms with Crippen LogP contribution in [0, 0.1) is 20.8 Å². The summed E-state index contributed by atoms with van der Waals surface area (Å²) in [4.78, 5) is 21.5. The Kier molecular flexibility index (Phi) is 7.14. The molecule has 10 heteroatoms. The number of fused-ring (bicyclic) bond motifs is 1. The molecule has 2 fully saturated rings. The Balaban J connectivity index is 1.38. The molecule has 4 heterocycles. The SMILES string of the molecule is Cc1cc(C)c2cc([C@H](c3nnnn3C[C@H]3CCCO3)N3CCN(c4cc(Cl)ccc4C)CC3)c(=O)[nH]c2c1. The molecular weight excluding hydrogens is 514 g/mol. The highest BCUT2D eigenvalue weighted by molar-refractivity contribution is 6.30. The molecule has 39 heavy (non-hydrogen) atoms. The molecule has 2 aliphatic rings. The minimum Gasteiger partial charge on any atom is -0.376 e. The molecular formula is C29H34ClN7O2. The number of piperazine rings is 1. The van der Waals surface area contributed by atoms with Crippen LogP contribution in [0.4, 0.5) is 5.69 Å². The molecule has 2 aromatic heterocycles. The zero-order chi connectivity index (χ0) is 27.1. The van der Waals surface area contributed by atoms with Crippen molar-refractivity contribution in [3.63, 3.8) is 0 Å². The van der Waals surface area contributed by atoms with E-state index in [0.29, 0.717) is 17.9 Å². The lowest BCUT2D eigenvalue weighted by atomic mass is 9.99. The van der Waals surface area contributed by atoms with E-state index in [2.05, 4.69) is 56.3 Å². The van der Waals surface area contributed by atoms with Crippen LogP contribution in [0.1, 0.15) is 47.0 Å². The number of benzene rings is 2. The Morgan fingerprint density at radius 3 is 2.67 bits per heavy atom. The maximum atomic E-state index is 13.6. The highest BCUT2D eigenvalue weighted by atomic mass is 35.5. The molecule has 2 aliphatic heterocycles. The molecule has 6 rings (SSSR count). The summed E-state index contributed by atoms with van der Waals surface area (Å²) in [6, 6.07) is 11.8. The van der Waals surface area contributed by atoms with E-state index in [9.17, 15) is 4.79 Å². The van der Waals surface area contributed by atoms with E-state index in [1.165, 1.54) is 5.56 Å². The number of tetrazole rings is 1. The van der Waals surface area contributed by atoms with Crippen molar-refractivity contribution in [3.8, 4) is 0 Å². The molecule has 2 atom stereocenters. The van der Waals surface area contributed by atoms with E-state index in [-0.39, 0.29) is 11.7 Å². The number of hydrogen-bond acceptors (Lipinski definition) is 7. The van der Waals surface area contributed by atoms with Gasteiger partial charge in [-0.15, -0.1) is 5.10 Å². The standard InChI is InChI=1S/C29H34ClN7O2/c1-18-13-20(3)23-16-24(29(38)31-25(23)14-18)27(28-32-33-34-37(28)17-22-5-4-12-39-22)36-10-8-35(9-11-36)26-15-21(30)7-6-19(26)2/h6-7,13-16,22,27H,4-5,8-12,17H2,1-3H3,(H,31,38)/t22-,27-/m1/s1. The van der Waals surface area contributed by atoms with Crippen molar-refractivity contribution in [1.29, 1.82) is 0 Å². The van der Waals surface area contributed by atoms with Gasteiger partial charge in [0.05, 0.1) is 12.6 Å². The van der Waals surface area contributed by atoms with Gasteiger partial charge in [0.25, 0.3) is 5.56 Å². The third kappa shape index (κ3) is 5.18. The molecule has 2 aromatic carbocycles. The lowest BCUT2D eigenvalue weighted by molar-refractivity contribution is 0.0906. The van der Waals surface area contributed by atoms with Gasteiger partial charge in [0.1, 0.15) is 6.04 Å². The number of H-pyrrole nitrogens is 1. The topological polar surface area (TPSA) is 92.2 Å². The quantitative estimate of drug-likeness (QED) is 0.387. The smallest absolute Gasteiger partial charge is 0.253 e. The molecule has 1 N–H and O–H groups in total. The number of nitrogens with zero attached hydrogens (tertiary/aromatic N) is 6. The summed E-state index contributed by atoms with van der Waals surface area (Å²) < 4.78 is 7.72. The van der Waals surface area contributed by atoms with Crippen molar-refractivity contribution in [2.24, 2.45) is 0 Å². The monoisotopic (exact) mass is 547 g/mol. The first-order valence-corrected chi connectivity index (χ1v) is 14.0. The van der Waals surface area contributed by atoms with Crippen molar-refractivity contribution in [3.05, 3.63) is 79.9 Å². The predicted octanol–water partition coefficient (Wildman–Crippen LogP) is 4.18. The minimum absolute atomic E-state index is 0.0793. The number of hydrogen-bond donors (Lipinski definition) is 1. The molecule has 204 valence electrons. The predicted molar refractivity (Wildman–Crippen MR) is 153 cm³/mol. The number of nitrogens with one attached hydrogen (secondary N) is 1. The number of aryl methyl sites for hydroxylation is 3. The average molecular weight is 548 g/mol. The number of aromatic nitrogens is 5. The second-order valence-electron chi connectivity index (χ2n) is 10.8. The fourth-order valence-corrected chi connectivity index (χ4v) is 6.22. The number of aromatic amines is 1. The highest BCUT2D eigenvalue weighted by Gasteiger charge is 2.34. The van der Waals surface area contributed by atoms with Crippen molar-refractivity contribution in [2.45, 2.75) is 52.3 Å². The van der Waals surface area contributed by atoms with Gasteiger partial charge in [-0.05, 0) is 85.0 Å².